The van der Waals surface area contributed by atoms with Gasteiger partial charge in [-0.2, -0.15) is 54.6 Å². The second kappa shape index (κ2) is 24.1. The van der Waals surface area contributed by atoms with Gasteiger partial charge in [-0.1, -0.05) is 122 Å². The normalized spacial score (nSPS) is 14.7. The number of nitrogens with zero attached hydrogens (tertiary/aromatic N) is 10. The summed E-state index contributed by atoms with van der Waals surface area (Å²) < 4.78 is 0.383. The number of hydrogen-bond donors (Lipinski definition) is 0. The molecule has 4 heterocycles. The monoisotopic (exact) mass is 1270 g/mol. The van der Waals surface area contributed by atoms with Crippen molar-refractivity contribution < 1.29 is 42.1 Å². The average molecular weight is 1270 g/mol. The van der Waals surface area contributed by atoms with E-state index in [1.165, 1.54) is 0 Å². The van der Waals surface area contributed by atoms with Crippen LogP contribution >= 0.6 is 23.5 Å². The summed E-state index contributed by atoms with van der Waals surface area (Å²) in [5.74, 6) is 3.67. The second-order valence-corrected chi connectivity index (χ2v) is 16.9. The van der Waals surface area contributed by atoms with Crippen molar-refractivity contribution in [2.24, 2.45) is 9.98 Å². The van der Waals surface area contributed by atoms with E-state index < -0.39 is 0 Å². The standard InChI is InChI=1S/C28H24N4S2.C25H19N6.2Pt/c1-3-11-23(12-4-1)29-21-31-25-15-7-9-17-27(25)33-19-20-34-28-18-10-8-16-26(28)32-22-30-24-13-5-2-6-14-24;1-31(19-29(21-12-6-3-7-13-21)25-23(31)15-9-17-27-25)30-18-28(20-10-4-2-5-11-20)24-22(30)14-8-16-26-24;;/h1-18,21-22H,19-20H2;2-10,12,14-19H,1H3;;/q-2;-3;;. The topological polar surface area (TPSA) is 88.4 Å². The van der Waals surface area contributed by atoms with Gasteiger partial charge in [0.1, 0.15) is 5.82 Å². The van der Waals surface area contributed by atoms with Crippen LogP contribution in [0.3, 0.4) is 0 Å². The third-order valence-electron chi connectivity index (χ3n) is 10.3. The Hall–Kier alpha value is -6.00. The molecule has 0 spiro atoms. The molecule has 8 aromatic rings. The molecule has 342 valence electrons. The summed E-state index contributed by atoms with van der Waals surface area (Å²) in [5, 5.41) is 11.3. The molecule has 0 fully saturated rings. The van der Waals surface area contributed by atoms with Crippen LogP contribution in [0, 0.1) is 25.5 Å². The molecule has 0 bridgehead atoms. The fourth-order valence-corrected chi connectivity index (χ4v) is 9.18. The van der Waals surface area contributed by atoms with Crippen LogP contribution in [0.1, 0.15) is 0 Å². The van der Waals surface area contributed by atoms with Gasteiger partial charge in [0.25, 0.3) is 0 Å². The SMILES string of the molecule is C(=Nc1ccccc1)[N-]c1ccccc1SCCSc1ccccc1[N-]C=Nc1ccccc1.C[N+]1(N2[CH-]N(c3[c-]cccc3)c3ncccc32)[CH-]N(c2[c-]cccc2)c2ncccc21.[Pt].[Pt]. The molecule has 1 atom stereocenters. The van der Waals surface area contributed by atoms with E-state index in [9.17, 15) is 0 Å². The summed E-state index contributed by atoms with van der Waals surface area (Å²) in [7, 11) is 2.15. The minimum Gasteiger partial charge on any atom is -0.473 e. The summed E-state index contributed by atoms with van der Waals surface area (Å²) in [6.45, 7) is 4.23. The van der Waals surface area contributed by atoms with E-state index in [2.05, 4.69) is 97.2 Å². The zero-order chi connectivity index (χ0) is 44.1. The van der Waals surface area contributed by atoms with Crippen molar-refractivity contribution in [3.05, 3.63) is 230 Å². The van der Waals surface area contributed by atoms with Crippen molar-refractivity contribution in [2.45, 2.75) is 9.79 Å². The Bertz CT molecular complexity index is 2750. The number of para-hydroxylation sites is 6. The largest absolute Gasteiger partial charge is 0.473 e. The fraction of sp³-hybridized carbons (Fsp3) is 0.0566. The van der Waals surface area contributed by atoms with Crippen LogP contribution in [0.5, 0.6) is 0 Å². The number of hydrogen-bond acceptors (Lipinski definition) is 9. The van der Waals surface area contributed by atoms with Gasteiger partial charge in [-0.3, -0.25) is 0 Å². The van der Waals surface area contributed by atoms with Crippen LogP contribution in [0.2, 0.25) is 0 Å². The van der Waals surface area contributed by atoms with Crippen molar-refractivity contribution >= 4 is 93.3 Å². The number of quaternary nitrogens is 1. The second-order valence-electron chi connectivity index (χ2n) is 14.6. The van der Waals surface area contributed by atoms with Gasteiger partial charge in [-0.15, -0.1) is 35.3 Å². The molecule has 1 unspecified atom stereocenters. The molecule has 0 amide bonds. The Morgan fingerprint density at radius 2 is 1.06 bits per heavy atom. The van der Waals surface area contributed by atoms with E-state index in [-0.39, 0.29) is 42.1 Å². The van der Waals surface area contributed by atoms with Gasteiger partial charge in [0.15, 0.2) is 11.5 Å². The Morgan fingerprint density at radius 3 is 1.61 bits per heavy atom. The van der Waals surface area contributed by atoms with Crippen molar-refractivity contribution in [3.8, 4) is 0 Å². The predicted octanol–water partition coefficient (Wildman–Crippen LogP) is 14.3. The van der Waals surface area contributed by atoms with Gasteiger partial charge < -0.3 is 40.0 Å². The molecule has 0 N–H and O–H groups in total. The Balaban J connectivity index is 0.000000194. The van der Waals surface area contributed by atoms with Crippen LogP contribution in [0.25, 0.3) is 10.6 Å². The molecule has 6 aromatic carbocycles. The van der Waals surface area contributed by atoms with Crippen LogP contribution in [-0.2, 0) is 42.1 Å². The number of aromatic nitrogens is 2. The minimum absolute atomic E-state index is 0. The molecule has 14 heteroatoms. The molecule has 0 saturated carbocycles. The fourth-order valence-electron chi connectivity index (χ4n) is 7.19. The molecule has 2 aliphatic rings. The molecule has 0 radical (unpaired) electrons. The van der Waals surface area contributed by atoms with Crippen molar-refractivity contribution in [1.82, 2.24) is 14.6 Å². The van der Waals surface area contributed by atoms with Gasteiger partial charge in [0, 0.05) is 81.9 Å². The molecule has 2 aliphatic heterocycles. The number of benzene rings is 6. The maximum Gasteiger partial charge on any atom is 0.170 e. The first-order valence-electron chi connectivity index (χ1n) is 20.9. The van der Waals surface area contributed by atoms with Gasteiger partial charge in [0.05, 0.1) is 12.7 Å². The predicted molar refractivity (Wildman–Crippen MR) is 272 cm³/mol. The molecule has 2 aromatic heterocycles. The third kappa shape index (κ3) is 11.9. The summed E-state index contributed by atoms with van der Waals surface area (Å²) in [6.07, 6.45) is 6.89. The summed E-state index contributed by atoms with van der Waals surface area (Å²) in [6, 6.07) is 66.7. The average Bonchev–Trinajstić information content (AvgIpc) is 3.92. The van der Waals surface area contributed by atoms with E-state index in [0.29, 0.717) is 4.59 Å². The zero-order valence-electron chi connectivity index (χ0n) is 36.1. The van der Waals surface area contributed by atoms with Crippen LogP contribution in [0.4, 0.5) is 57.1 Å². The van der Waals surface area contributed by atoms with Gasteiger partial charge >= 0.3 is 0 Å². The summed E-state index contributed by atoms with van der Waals surface area (Å²) in [4.78, 5) is 24.6. The van der Waals surface area contributed by atoms with E-state index in [1.54, 1.807) is 36.2 Å². The smallest absolute Gasteiger partial charge is 0.170 e. The summed E-state index contributed by atoms with van der Waals surface area (Å²) in [5.41, 5.74) is 7.61. The zero-order valence-corrected chi connectivity index (χ0v) is 42.3. The van der Waals surface area contributed by atoms with Crippen LogP contribution in [0.15, 0.2) is 214 Å². The van der Waals surface area contributed by atoms with Crippen LogP contribution in [-0.4, -0.2) is 41.2 Å². The van der Waals surface area contributed by atoms with E-state index in [0.717, 1.165) is 78.4 Å². The molecule has 0 aliphatic carbocycles. The first-order chi connectivity index (χ1) is 32.1. The number of fused-ring (bicyclic) bond motifs is 2. The molecular formula is C53H43N10Pt2S2-5. The van der Waals surface area contributed by atoms with Crippen molar-refractivity contribution in [3.63, 3.8) is 0 Å². The Morgan fingerprint density at radius 1 is 0.567 bits per heavy atom. The molecule has 10 rings (SSSR count). The Kier molecular flexibility index (Phi) is 17.6. The van der Waals surface area contributed by atoms with Crippen molar-refractivity contribution in [2.75, 3.05) is 33.4 Å². The summed E-state index contributed by atoms with van der Waals surface area (Å²) >= 11 is 3.60. The Labute approximate surface area is 430 Å². The third-order valence-corrected chi connectivity index (χ3v) is 12.7. The molecule has 10 nitrogen and oxygen atoms in total. The van der Waals surface area contributed by atoms with Gasteiger partial charge in [-0.05, 0) is 59.8 Å². The number of aliphatic imine (C=N–C) groups is 2. The maximum atomic E-state index is 4.70. The van der Waals surface area contributed by atoms with E-state index >= 15 is 0 Å². The molecule has 0 saturated heterocycles. The van der Waals surface area contributed by atoms with Gasteiger partial charge in [0.2, 0.25) is 0 Å². The van der Waals surface area contributed by atoms with E-state index in [4.69, 9.17) is 4.98 Å². The number of anilines is 5. The maximum absolute atomic E-state index is 4.70. The number of thioether (sulfide) groups is 2. The molecule has 67 heavy (non-hydrogen) atoms. The van der Waals surface area contributed by atoms with Crippen LogP contribution < -0.4 is 19.4 Å². The minimum atomic E-state index is 0. The quantitative estimate of drug-likeness (QED) is 0.0268. The van der Waals surface area contributed by atoms with E-state index in [1.807, 2.05) is 170 Å². The van der Waals surface area contributed by atoms with Crippen molar-refractivity contribution in [1.29, 1.82) is 0 Å². The number of pyridine rings is 2. The first-order valence-corrected chi connectivity index (χ1v) is 22.9. The first kappa shape index (κ1) is 48.9. The van der Waals surface area contributed by atoms with Gasteiger partial charge in [-0.25, -0.2) is 9.97 Å². The molecular weight excluding hydrogens is 1230 g/mol. The number of rotatable bonds is 14.